The Morgan fingerprint density at radius 1 is 1.33 bits per heavy atom. The zero-order valence-electron chi connectivity index (χ0n) is 8.55. The van der Waals surface area contributed by atoms with Gasteiger partial charge in [0, 0.05) is 18.9 Å². The molecule has 1 aromatic heterocycles. The van der Waals surface area contributed by atoms with E-state index in [0.717, 1.165) is 11.1 Å². The van der Waals surface area contributed by atoms with Gasteiger partial charge in [-0.3, -0.25) is 0 Å². The molecule has 2 N–H and O–H groups in total. The number of benzene rings is 1. The van der Waals surface area contributed by atoms with Crippen molar-refractivity contribution >= 4 is 5.69 Å². The first-order chi connectivity index (χ1) is 7.25. The van der Waals surface area contributed by atoms with E-state index in [1.807, 2.05) is 31.5 Å². The summed E-state index contributed by atoms with van der Waals surface area (Å²) in [7, 11) is 0. The zero-order valence-corrected chi connectivity index (χ0v) is 8.55. The number of aryl methyl sites for hydroxylation is 1. The normalized spacial score (nSPS) is 10.3. The van der Waals surface area contributed by atoms with Crippen molar-refractivity contribution in [2.24, 2.45) is 0 Å². The van der Waals surface area contributed by atoms with Gasteiger partial charge in [0.1, 0.15) is 5.82 Å². The molecular weight excluding hydrogens is 191 g/mol. The Kier molecular flexibility index (Phi) is 2.72. The van der Waals surface area contributed by atoms with E-state index in [9.17, 15) is 4.39 Å². The number of hydrogen-bond donors (Lipinski definition) is 2. The molecule has 0 bridgehead atoms. The molecule has 2 nitrogen and oxygen atoms in total. The third-order valence-corrected chi connectivity index (χ3v) is 2.27. The van der Waals surface area contributed by atoms with Crippen molar-refractivity contribution in [3.8, 4) is 0 Å². The predicted molar refractivity (Wildman–Crippen MR) is 59.3 cm³/mol. The van der Waals surface area contributed by atoms with Gasteiger partial charge in [0.25, 0.3) is 0 Å². The monoisotopic (exact) mass is 204 g/mol. The van der Waals surface area contributed by atoms with Crippen LogP contribution in [0, 0.1) is 12.7 Å². The van der Waals surface area contributed by atoms with Crippen molar-refractivity contribution in [2.45, 2.75) is 13.5 Å². The fourth-order valence-electron chi connectivity index (χ4n) is 1.44. The van der Waals surface area contributed by atoms with Crippen LogP contribution in [0.1, 0.15) is 11.1 Å². The molecule has 3 heteroatoms. The zero-order chi connectivity index (χ0) is 10.7. The molecule has 15 heavy (non-hydrogen) atoms. The van der Waals surface area contributed by atoms with Gasteiger partial charge in [-0.25, -0.2) is 4.39 Å². The fraction of sp³-hybridized carbons (Fsp3) is 0.167. The topological polar surface area (TPSA) is 27.8 Å². The summed E-state index contributed by atoms with van der Waals surface area (Å²) in [6.07, 6.45) is 3.74. The van der Waals surface area contributed by atoms with Gasteiger partial charge in [0.2, 0.25) is 0 Å². The largest absolute Gasteiger partial charge is 0.379 e. The molecule has 0 atom stereocenters. The van der Waals surface area contributed by atoms with E-state index in [0.29, 0.717) is 12.2 Å². The molecule has 1 aromatic carbocycles. The van der Waals surface area contributed by atoms with Gasteiger partial charge in [-0.2, -0.15) is 0 Å². The Morgan fingerprint density at radius 3 is 2.93 bits per heavy atom. The number of H-pyrrole nitrogens is 1. The lowest BCUT2D eigenvalue weighted by Crippen LogP contribution is -2.00. The van der Waals surface area contributed by atoms with E-state index >= 15 is 0 Å². The molecule has 0 amide bonds. The first-order valence-corrected chi connectivity index (χ1v) is 4.87. The lowest BCUT2D eigenvalue weighted by molar-refractivity contribution is 0.629. The fourth-order valence-corrected chi connectivity index (χ4v) is 1.44. The Hall–Kier alpha value is -1.77. The Balaban J connectivity index is 2.07. The first kappa shape index (κ1) is 9.77. The Morgan fingerprint density at radius 2 is 2.20 bits per heavy atom. The molecule has 78 valence electrons. The van der Waals surface area contributed by atoms with E-state index in [1.165, 1.54) is 6.07 Å². The molecule has 0 fully saturated rings. The number of nitrogens with one attached hydrogen (secondary N) is 2. The van der Waals surface area contributed by atoms with Crippen LogP contribution < -0.4 is 5.32 Å². The van der Waals surface area contributed by atoms with Crippen molar-refractivity contribution < 1.29 is 4.39 Å². The molecule has 0 aliphatic heterocycles. The molecule has 0 aliphatic rings. The minimum Gasteiger partial charge on any atom is -0.379 e. The van der Waals surface area contributed by atoms with E-state index in [4.69, 9.17) is 0 Å². The molecule has 0 radical (unpaired) electrons. The second kappa shape index (κ2) is 4.17. The Labute approximate surface area is 88.1 Å². The highest BCUT2D eigenvalue weighted by molar-refractivity contribution is 5.47. The van der Waals surface area contributed by atoms with E-state index < -0.39 is 0 Å². The molecule has 0 saturated carbocycles. The van der Waals surface area contributed by atoms with E-state index in [2.05, 4.69) is 10.3 Å². The van der Waals surface area contributed by atoms with Gasteiger partial charge in [-0.15, -0.1) is 0 Å². The number of rotatable bonds is 3. The van der Waals surface area contributed by atoms with Crippen LogP contribution in [-0.4, -0.2) is 4.98 Å². The summed E-state index contributed by atoms with van der Waals surface area (Å²) < 4.78 is 13.3. The maximum absolute atomic E-state index is 13.3. The summed E-state index contributed by atoms with van der Waals surface area (Å²) in [5.74, 6) is -0.212. The second-order valence-corrected chi connectivity index (χ2v) is 3.56. The van der Waals surface area contributed by atoms with Crippen molar-refractivity contribution in [1.29, 1.82) is 0 Å². The van der Waals surface area contributed by atoms with Gasteiger partial charge < -0.3 is 10.3 Å². The number of aromatic amines is 1. The predicted octanol–water partition coefficient (Wildman–Crippen LogP) is 3.07. The number of anilines is 1. The van der Waals surface area contributed by atoms with Crippen molar-refractivity contribution in [3.63, 3.8) is 0 Å². The average Bonchev–Trinajstić information content (AvgIpc) is 2.72. The SMILES string of the molecule is Cc1ccc(F)c(NCc2cc[nH]c2)c1. The minimum absolute atomic E-state index is 0.212. The number of hydrogen-bond acceptors (Lipinski definition) is 1. The van der Waals surface area contributed by atoms with Crippen LogP contribution in [0.4, 0.5) is 10.1 Å². The summed E-state index contributed by atoms with van der Waals surface area (Å²) in [4.78, 5) is 2.96. The van der Waals surface area contributed by atoms with Gasteiger partial charge in [0.05, 0.1) is 5.69 Å². The van der Waals surface area contributed by atoms with Crippen LogP contribution in [0.15, 0.2) is 36.7 Å². The molecule has 0 spiro atoms. The summed E-state index contributed by atoms with van der Waals surface area (Å²) in [5, 5.41) is 3.06. The van der Waals surface area contributed by atoms with E-state index in [1.54, 1.807) is 6.07 Å². The van der Waals surface area contributed by atoms with E-state index in [-0.39, 0.29) is 5.82 Å². The molecule has 0 aliphatic carbocycles. The van der Waals surface area contributed by atoms with Gasteiger partial charge in [-0.1, -0.05) is 6.07 Å². The lowest BCUT2D eigenvalue weighted by atomic mass is 10.2. The lowest BCUT2D eigenvalue weighted by Gasteiger charge is -2.07. The molecule has 0 saturated heterocycles. The first-order valence-electron chi connectivity index (χ1n) is 4.87. The number of aromatic nitrogens is 1. The van der Waals surface area contributed by atoms with Crippen LogP contribution in [0.3, 0.4) is 0 Å². The smallest absolute Gasteiger partial charge is 0.146 e. The standard InChI is InChI=1S/C12H13FN2/c1-9-2-3-11(13)12(6-9)15-8-10-4-5-14-7-10/h2-7,14-15H,8H2,1H3. The molecule has 0 unspecified atom stereocenters. The second-order valence-electron chi connectivity index (χ2n) is 3.56. The van der Waals surface area contributed by atoms with Crippen LogP contribution in [0.2, 0.25) is 0 Å². The maximum atomic E-state index is 13.3. The highest BCUT2D eigenvalue weighted by atomic mass is 19.1. The van der Waals surface area contributed by atoms with Crippen LogP contribution in [0.5, 0.6) is 0 Å². The summed E-state index contributed by atoms with van der Waals surface area (Å²) >= 11 is 0. The van der Waals surface area contributed by atoms with Gasteiger partial charge in [-0.05, 0) is 36.2 Å². The quantitative estimate of drug-likeness (QED) is 0.790. The summed E-state index contributed by atoms with van der Waals surface area (Å²) in [5.41, 5.74) is 2.71. The van der Waals surface area contributed by atoms with Crippen molar-refractivity contribution in [2.75, 3.05) is 5.32 Å². The maximum Gasteiger partial charge on any atom is 0.146 e. The highest BCUT2D eigenvalue weighted by Crippen LogP contribution is 2.16. The van der Waals surface area contributed by atoms with Crippen LogP contribution >= 0.6 is 0 Å². The van der Waals surface area contributed by atoms with Crippen LogP contribution in [-0.2, 0) is 6.54 Å². The molecular formula is C12H13FN2. The highest BCUT2D eigenvalue weighted by Gasteiger charge is 2.01. The molecule has 2 aromatic rings. The average molecular weight is 204 g/mol. The Bertz CT molecular complexity index is 435. The summed E-state index contributed by atoms with van der Waals surface area (Å²) in [6, 6.07) is 7.01. The van der Waals surface area contributed by atoms with Crippen molar-refractivity contribution in [3.05, 3.63) is 53.6 Å². The van der Waals surface area contributed by atoms with Gasteiger partial charge in [0.15, 0.2) is 0 Å². The van der Waals surface area contributed by atoms with Crippen molar-refractivity contribution in [1.82, 2.24) is 4.98 Å². The minimum atomic E-state index is -0.212. The third kappa shape index (κ3) is 2.37. The molecule has 2 rings (SSSR count). The number of halogens is 1. The van der Waals surface area contributed by atoms with Crippen LogP contribution in [0.25, 0.3) is 0 Å². The molecule has 1 heterocycles. The summed E-state index contributed by atoms with van der Waals surface area (Å²) in [6.45, 7) is 2.57. The third-order valence-electron chi connectivity index (χ3n) is 2.27. The van der Waals surface area contributed by atoms with Gasteiger partial charge >= 0.3 is 0 Å².